The zero-order valence-corrected chi connectivity index (χ0v) is 13.5. The molecule has 1 aromatic rings. The summed E-state index contributed by atoms with van der Waals surface area (Å²) in [7, 11) is 0. The second-order valence-electron chi connectivity index (χ2n) is 5.80. The molecule has 0 saturated carbocycles. The van der Waals surface area contributed by atoms with Crippen LogP contribution in [0.3, 0.4) is 0 Å². The van der Waals surface area contributed by atoms with E-state index in [9.17, 15) is 9.59 Å². The van der Waals surface area contributed by atoms with Crippen LogP contribution in [-0.2, 0) is 9.59 Å². The van der Waals surface area contributed by atoms with Gasteiger partial charge in [-0.2, -0.15) is 0 Å². The van der Waals surface area contributed by atoms with Crippen LogP contribution in [0.25, 0.3) is 0 Å². The van der Waals surface area contributed by atoms with Crippen LogP contribution in [-0.4, -0.2) is 24.9 Å². The number of carbonyl (C=O) groups excluding carboxylic acids is 2. The van der Waals surface area contributed by atoms with Gasteiger partial charge in [-0.25, -0.2) is 0 Å². The number of rotatable bonds is 9. The Morgan fingerprint density at radius 3 is 2.41 bits per heavy atom. The van der Waals surface area contributed by atoms with Crippen molar-refractivity contribution in [1.82, 2.24) is 10.6 Å². The van der Waals surface area contributed by atoms with E-state index < -0.39 is 6.04 Å². The molecular formula is C17H27N3O2. The standard InChI is InChI=1S/C17H27N3O2/c1-13(2)12-15(21)20-16(14-8-4-3-5-9-14)17(22)19-11-7-6-10-18/h3-5,8-9,13,16H,6-7,10-12,18H2,1-2H3,(H,19,22)(H,20,21). The smallest absolute Gasteiger partial charge is 0.247 e. The number of hydrogen-bond donors (Lipinski definition) is 3. The molecule has 0 aliphatic carbocycles. The second kappa shape index (κ2) is 9.95. The molecule has 0 aliphatic heterocycles. The molecule has 1 atom stereocenters. The molecule has 0 saturated heterocycles. The summed E-state index contributed by atoms with van der Waals surface area (Å²) in [5, 5.41) is 5.70. The Balaban J connectivity index is 2.70. The van der Waals surface area contributed by atoms with Crippen LogP contribution in [0.2, 0.25) is 0 Å². The Kier molecular flexibility index (Phi) is 8.22. The molecule has 0 aliphatic rings. The maximum Gasteiger partial charge on any atom is 0.247 e. The van der Waals surface area contributed by atoms with Crippen LogP contribution in [0.4, 0.5) is 0 Å². The zero-order valence-electron chi connectivity index (χ0n) is 13.5. The highest BCUT2D eigenvalue weighted by Gasteiger charge is 2.22. The predicted octanol–water partition coefficient (Wildman–Crippen LogP) is 1.75. The first kappa shape index (κ1) is 18.2. The van der Waals surface area contributed by atoms with Crippen molar-refractivity contribution in [3.63, 3.8) is 0 Å². The molecule has 0 aromatic heterocycles. The summed E-state index contributed by atoms with van der Waals surface area (Å²) in [6.07, 6.45) is 2.11. The summed E-state index contributed by atoms with van der Waals surface area (Å²) in [6, 6.07) is 8.65. The molecule has 1 aromatic carbocycles. The van der Waals surface area contributed by atoms with Gasteiger partial charge in [-0.15, -0.1) is 0 Å². The van der Waals surface area contributed by atoms with E-state index in [1.54, 1.807) is 0 Å². The molecule has 0 radical (unpaired) electrons. The molecule has 0 spiro atoms. The zero-order chi connectivity index (χ0) is 16.4. The van der Waals surface area contributed by atoms with Crippen molar-refractivity contribution in [3.05, 3.63) is 35.9 Å². The summed E-state index contributed by atoms with van der Waals surface area (Å²) < 4.78 is 0. The molecule has 0 bridgehead atoms. The fourth-order valence-electron chi connectivity index (χ4n) is 2.12. The van der Waals surface area contributed by atoms with Gasteiger partial charge in [-0.3, -0.25) is 9.59 Å². The second-order valence-corrected chi connectivity index (χ2v) is 5.80. The van der Waals surface area contributed by atoms with Crippen molar-refractivity contribution in [2.24, 2.45) is 11.7 Å². The maximum atomic E-state index is 12.4. The number of amides is 2. The van der Waals surface area contributed by atoms with Crippen molar-refractivity contribution >= 4 is 11.8 Å². The Bertz CT molecular complexity index is 460. The van der Waals surface area contributed by atoms with Crippen molar-refractivity contribution < 1.29 is 9.59 Å². The van der Waals surface area contributed by atoms with E-state index in [1.165, 1.54) is 0 Å². The van der Waals surface area contributed by atoms with Gasteiger partial charge in [-0.1, -0.05) is 44.2 Å². The van der Waals surface area contributed by atoms with Gasteiger partial charge in [0, 0.05) is 13.0 Å². The molecule has 122 valence electrons. The van der Waals surface area contributed by atoms with Crippen LogP contribution >= 0.6 is 0 Å². The van der Waals surface area contributed by atoms with Crippen molar-refractivity contribution in [3.8, 4) is 0 Å². The summed E-state index contributed by atoms with van der Waals surface area (Å²) in [5.74, 6) is -0.0367. The lowest BCUT2D eigenvalue weighted by molar-refractivity contribution is -0.129. The molecular weight excluding hydrogens is 278 g/mol. The maximum absolute atomic E-state index is 12.4. The average Bonchev–Trinajstić information content (AvgIpc) is 2.49. The van der Waals surface area contributed by atoms with Gasteiger partial charge in [0.15, 0.2) is 0 Å². The van der Waals surface area contributed by atoms with Crippen LogP contribution in [0, 0.1) is 5.92 Å². The Labute approximate surface area is 132 Å². The van der Waals surface area contributed by atoms with Gasteiger partial charge in [0.05, 0.1) is 0 Å². The summed E-state index contributed by atoms with van der Waals surface area (Å²) >= 11 is 0. The predicted molar refractivity (Wildman–Crippen MR) is 88.1 cm³/mol. The highest BCUT2D eigenvalue weighted by atomic mass is 16.2. The minimum Gasteiger partial charge on any atom is -0.354 e. The van der Waals surface area contributed by atoms with Crippen LogP contribution in [0.5, 0.6) is 0 Å². The lowest BCUT2D eigenvalue weighted by Crippen LogP contribution is -2.41. The largest absolute Gasteiger partial charge is 0.354 e. The molecule has 5 heteroatoms. The average molecular weight is 305 g/mol. The Hall–Kier alpha value is -1.88. The minimum atomic E-state index is -0.648. The first-order valence-electron chi connectivity index (χ1n) is 7.86. The monoisotopic (exact) mass is 305 g/mol. The van der Waals surface area contributed by atoms with Gasteiger partial charge in [0.2, 0.25) is 11.8 Å². The third kappa shape index (κ3) is 6.72. The number of nitrogens with one attached hydrogen (secondary N) is 2. The lowest BCUT2D eigenvalue weighted by Gasteiger charge is -2.19. The van der Waals surface area contributed by atoms with Crippen molar-refractivity contribution in [2.75, 3.05) is 13.1 Å². The molecule has 4 N–H and O–H groups in total. The van der Waals surface area contributed by atoms with Crippen molar-refractivity contribution in [2.45, 2.75) is 39.2 Å². The number of benzene rings is 1. The van der Waals surface area contributed by atoms with Crippen LogP contribution < -0.4 is 16.4 Å². The lowest BCUT2D eigenvalue weighted by atomic mass is 10.0. The fraction of sp³-hybridized carbons (Fsp3) is 0.529. The van der Waals surface area contributed by atoms with Gasteiger partial charge >= 0.3 is 0 Å². The normalized spacial score (nSPS) is 12.0. The SMILES string of the molecule is CC(C)CC(=O)NC(C(=O)NCCCCN)c1ccccc1. The van der Waals surface area contributed by atoms with E-state index in [2.05, 4.69) is 10.6 Å². The fourth-order valence-corrected chi connectivity index (χ4v) is 2.12. The van der Waals surface area contributed by atoms with E-state index in [4.69, 9.17) is 5.73 Å². The van der Waals surface area contributed by atoms with Crippen LogP contribution in [0.1, 0.15) is 44.7 Å². The number of unbranched alkanes of at least 4 members (excludes halogenated alkanes) is 1. The van der Waals surface area contributed by atoms with Crippen LogP contribution in [0.15, 0.2) is 30.3 Å². The topological polar surface area (TPSA) is 84.2 Å². The number of carbonyl (C=O) groups is 2. The van der Waals surface area contributed by atoms with Gasteiger partial charge in [0.25, 0.3) is 0 Å². The third-order valence-corrected chi connectivity index (χ3v) is 3.22. The van der Waals surface area contributed by atoms with E-state index in [0.29, 0.717) is 19.5 Å². The summed E-state index contributed by atoms with van der Waals surface area (Å²) in [5.41, 5.74) is 6.23. The van der Waals surface area contributed by atoms with E-state index >= 15 is 0 Å². The van der Waals surface area contributed by atoms with Gasteiger partial charge in [0.1, 0.15) is 6.04 Å². The molecule has 5 nitrogen and oxygen atoms in total. The van der Waals surface area contributed by atoms with Gasteiger partial charge in [-0.05, 0) is 30.9 Å². The van der Waals surface area contributed by atoms with E-state index in [0.717, 1.165) is 18.4 Å². The van der Waals surface area contributed by atoms with Crippen molar-refractivity contribution in [1.29, 1.82) is 0 Å². The first-order chi connectivity index (χ1) is 10.5. The molecule has 1 unspecified atom stereocenters. The molecule has 0 fully saturated rings. The molecule has 22 heavy (non-hydrogen) atoms. The Morgan fingerprint density at radius 1 is 1.14 bits per heavy atom. The number of nitrogens with two attached hydrogens (primary N) is 1. The number of hydrogen-bond acceptors (Lipinski definition) is 3. The summed E-state index contributed by atoms with van der Waals surface area (Å²) in [4.78, 5) is 24.4. The quantitative estimate of drug-likeness (QED) is 0.608. The highest BCUT2D eigenvalue weighted by Crippen LogP contribution is 2.14. The first-order valence-corrected chi connectivity index (χ1v) is 7.86. The minimum absolute atomic E-state index is 0.110. The molecule has 1 rings (SSSR count). The van der Waals surface area contributed by atoms with E-state index in [-0.39, 0.29) is 17.7 Å². The molecule has 2 amide bonds. The highest BCUT2D eigenvalue weighted by molar-refractivity contribution is 5.88. The summed E-state index contributed by atoms with van der Waals surface area (Å²) in [6.45, 7) is 5.14. The van der Waals surface area contributed by atoms with E-state index in [1.807, 2.05) is 44.2 Å². The van der Waals surface area contributed by atoms with Gasteiger partial charge < -0.3 is 16.4 Å². The molecule has 0 heterocycles. The third-order valence-electron chi connectivity index (χ3n) is 3.22. The Morgan fingerprint density at radius 2 is 1.82 bits per heavy atom.